The van der Waals surface area contributed by atoms with Gasteiger partial charge >= 0.3 is 0 Å². The Labute approximate surface area is 136 Å². The van der Waals surface area contributed by atoms with E-state index in [0.717, 1.165) is 30.3 Å². The summed E-state index contributed by atoms with van der Waals surface area (Å²) in [6, 6.07) is 0.369. The lowest BCUT2D eigenvalue weighted by Crippen LogP contribution is -2.41. The Morgan fingerprint density at radius 1 is 1.27 bits per heavy atom. The molecule has 2 rings (SSSR count). The topological polar surface area (TPSA) is 84.7 Å². The van der Waals surface area contributed by atoms with Crippen LogP contribution in [-0.2, 0) is 11.8 Å². The third-order valence-corrected chi connectivity index (χ3v) is 4.86. The summed E-state index contributed by atoms with van der Waals surface area (Å²) in [5.41, 5.74) is 0. The van der Waals surface area contributed by atoms with Crippen LogP contribution in [0.3, 0.4) is 0 Å². The second-order valence-corrected chi connectivity index (χ2v) is 6.78. The van der Waals surface area contributed by atoms with Crippen molar-refractivity contribution in [1.29, 1.82) is 0 Å². The summed E-state index contributed by atoms with van der Waals surface area (Å²) in [6.07, 6.45) is 8.68. The number of rotatable bonds is 7. The van der Waals surface area contributed by atoms with Crippen LogP contribution >= 0.6 is 11.8 Å². The predicted octanol–water partition coefficient (Wildman–Crippen LogP) is 1.12. The number of nitrogens with zero attached hydrogens (tertiary/aromatic N) is 4. The number of hydrogen-bond acceptors (Lipinski definition) is 6. The molecule has 0 spiro atoms. The Balaban J connectivity index is 1.54. The molecule has 1 saturated carbocycles. The number of aromatic nitrogens is 4. The molecule has 1 amide bonds. The highest BCUT2D eigenvalue weighted by molar-refractivity contribution is 7.99. The fraction of sp³-hybridized carbons (Fsp3) is 0.857. The predicted molar refractivity (Wildman–Crippen MR) is 86.6 cm³/mol. The number of carbonyl (C=O) groups excluding carboxylic acids is 1. The van der Waals surface area contributed by atoms with Crippen molar-refractivity contribution >= 4 is 17.7 Å². The number of hydrogen-bond donors (Lipinski definition) is 2. The summed E-state index contributed by atoms with van der Waals surface area (Å²) >= 11 is 1.58. The lowest BCUT2D eigenvalue weighted by atomic mass is 9.97. The van der Waals surface area contributed by atoms with Gasteiger partial charge in [-0.3, -0.25) is 4.79 Å². The first-order chi connectivity index (χ1) is 10.8. The summed E-state index contributed by atoms with van der Waals surface area (Å²) in [5.74, 6) is 0.946. The van der Waals surface area contributed by atoms with Crippen LogP contribution in [0, 0.1) is 0 Å². The van der Waals surface area contributed by atoms with Gasteiger partial charge in [-0.25, -0.2) is 4.68 Å². The molecule has 1 aromatic rings. The van der Waals surface area contributed by atoms with Crippen LogP contribution in [0.4, 0.5) is 0 Å². The largest absolute Gasteiger partial charge is 0.352 e. The van der Waals surface area contributed by atoms with E-state index in [-0.39, 0.29) is 5.91 Å². The maximum atomic E-state index is 11.9. The normalized spacial score (nSPS) is 17.0. The van der Waals surface area contributed by atoms with E-state index in [4.69, 9.17) is 0 Å². The molecule has 7 nitrogen and oxygen atoms in total. The first-order valence-corrected chi connectivity index (χ1v) is 9.09. The van der Waals surface area contributed by atoms with E-state index in [0.29, 0.717) is 12.6 Å². The molecular formula is C14H26N6OS. The standard InChI is InChI=1S/C14H26N6OS/c1-20-14(17-18-19-20)22-10-9-15-11-13(21)16-12-7-5-3-2-4-6-8-12/h12,15H,2-11H2,1H3,(H,16,21). The zero-order valence-corrected chi connectivity index (χ0v) is 14.1. The van der Waals surface area contributed by atoms with Gasteiger partial charge in [-0.1, -0.05) is 43.9 Å². The van der Waals surface area contributed by atoms with Crippen LogP contribution in [0.5, 0.6) is 0 Å². The number of tetrazole rings is 1. The van der Waals surface area contributed by atoms with Gasteiger partial charge < -0.3 is 10.6 Å². The molecule has 1 aromatic heterocycles. The molecule has 8 heteroatoms. The summed E-state index contributed by atoms with van der Waals surface area (Å²) in [5, 5.41) is 18.4. The molecule has 0 bridgehead atoms. The first-order valence-electron chi connectivity index (χ1n) is 8.11. The Hall–Kier alpha value is -1.15. The second kappa shape index (κ2) is 9.78. The van der Waals surface area contributed by atoms with E-state index in [1.807, 2.05) is 7.05 Å². The van der Waals surface area contributed by atoms with Crippen molar-refractivity contribution in [3.8, 4) is 0 Å². The van der Waals surface area contributed by atoms with Gasteiger partial charge in [0.2, 0.25) is 11.1 Å². The molecule has 1 fully saturated rings. The van der Waals surface area contributed by atoms with Crippen molar-refractivity contribution in [3.05, 3.63) is 0 Å². The van der Waals surface area contributed by atoms with Gasteiger partial charge in [0.05, 0.1) is 6.54 Å². The quantitative estimate of drug-likeness (QED) is 0.577. The molecule has 0 saturated heterocycles. The molecule has 1 aliphatic rings. The summed E-state index contributed by atoms with van der Waals surface area (Å²) in [7, 11) is 1.82. The molecule has 124 valence electrons. The van der Waals surface area contributed by atoms with Crippen LogP contribution in [0.2, 0.25) is 0 Å². The average molecular weight is 326 g/mol. The third-order valence-electron chi connectivity index (χ3n) is 3.85. The summed E-state index contributed by atoms with van der Waals surface area (Å²) in [4.78, 5) is 11.9. The molecular weight excluding hydrogens is 300 g/mol. The minimum Gasteiger partial charge on any atom is -0.352 e. The third kappa shape index (κ3) is 6.31. The highest BCUT2D eigenvalue weighted by Gasteiger charge is 2.13. The SMILES string of the molecule is Cn1nnnc1SCCNCC(=O)NC1CCCCCCC1. The molecule has 22 heavy (non-hydrogen) atoms. The van der Waals surface area contributed by atoms with Gasteiger partial charge in [0, 0.05) is 25.4 Å². The van der Waals surface area contributed by atoms with Gasteiger partial charge in [-0.2, -0.15) is 0 Å². The van der Waals surface area contributed by atoms with Crippen molar-refractivity contribution in [3.63, 3.8) is 0 Å². The zero-order chi connectivity index (χ0) is 15.6. The van der Waals surface area contributed by atoms with Gasteiger partial charge in [-0.05, 0) is 23.3 Å². The van der Waals surface area contributed by atoms with Crippen molar-refractivity contribution in [2.75, 3.05) is 18.8 Å². The van der Waals surface area contributed by atoms with Crippen LogP contribution in [-0.4, -0.2) is 51.0 Å². The molecule has 1 heterocycles. The van der Waals surface area contributed by atoms with E-state index in [2.05, 4.69) is 26.2 Å². The Morgan fingerprint density at radius 2 is 2.00 bits per heavy atom. The monoisotopic (exact) mass is 326 g/mol. The van der Waals surface area contributed by atoms with Gasteiger partial charge in [0.25, 0.3) is 0 Å². The molecule has 2 N–H and O–H groups in total. The molecule has 0 aliphatic heterocycles. The van der Waals surface area contributed by atoms with Gasteiger partial charge in [0.15, 0.2) is 0 Å². The number of amides is 1. The molecule has 0 atom stereocenters. The van der Waals surface area contributed by atoms with Gasteiger partial charge in [-0.15, -0.1) is 5.10 Å². The average Bonchev–Trinajstić information content (AvgIpc) is 2.87. The van der Waals surface area contributed by atoms with E-state index in [9.17, 15) is 4.79 Å². The maximum Gasteiger partial charge on any atom is 0.234 e. The van der Waals surface area contributed by atoms with E-state index in [1.165, 1.54) is 32.1 Å². The number of carbonyl (C=O) groups is 1. The van der Waals surface area contributed by atoms with Crippen molar-refractivity contribution in [1.82, 2.24) is 30.8 Å². The highest BCUT2D eigenvalue weighted by Crippen LogP contribution is 2.16. The van der Waals surface area contributed by atoms with Gasteiger partial charge in [0.1, 0.15) is 0 Å². The molecule has 0 unspecified atom stereocenters. The number of aryl methyl sites for hydroxylation is 1. The number of nitrogens with one attached hydrogen (secondary N) is 2. The Bertz CT molecular complexity index is 444. The van der Waals surface area contributed by atoms with Crippen molar-refractivity contribution in [2.45, 2.75) is 56.1 Å². The van der Waals surface area contributed by atoms with E-state index in [1.54, 1.807) is 16.4 Å². The van der Waals surface area contributed by atoms with E-state index < -0.39 is 0 Å². The minimum atomic E-state index is 0.107. The number of thioether (sulfide) groups is 1. The Morgan fingerprint density at radius 3 is 2.68 bits per heavy atom. The molecule has 0 aromatic carbocycles. The van der Waals surface area contributed by atoms with Crippen LogP contribution in [0.25, 0.3) is 0 Å². The summed E-state index contributed by atoms with van der Waals surface area (Å²) < 4.78 is 1.64. The fourth-order valence-corrected chi connectivity index (χ4v) is 3.39. The fourth-order valence-electron chi connectivity index (χ4n) is 2.64. The highest BCUT2D eigenvalue weighted by atomic mass is 32.2. The van der Waals surface area contributed by atoms with Crippen molar-refractivity contribution in [2.24, 2.45) is 7.05 Å². The van der Waals surface area contributed by atoms with Crippen LogP contribution in [0.15, 0.2) is 5.16 Å². The maximum absolute atomic E-state index is 11.9. The second-order valence-electron chi connectivity index (χ2n) is 5.72. The van der Waals surface area contributed by atoms with Crippen LogP contribution in [0.1, 0.15) is 44.9 Å². The smallest absolute Gasteiger partial charge is 0.234 e. The molecule has 1 aliphatic carbocycles. The van der Waals surface area contributed by atoms with Crippen molar-refractivity contribution < 1.29 is 4.79 Å². The minimum absolute atomic E-state index is 0.107. The Kier molecular flexibility index (Phi) is 7.65. The molecule has 0 radical (unpaired) electrons. The lowest BCUT2D eigenvalue weighted by molar-refractivity contribution is -0.121. The van der Waals surface area contributed by atoms with E-state index >= 15 is 0 Å². The zero-order valence-electron chi connectivity index (χ0n) is 13.3. The summed E-state index contributed by atoms with van der Waals surface area (Å²) in [6.45, 7) is 1.14. The lowest BCUT2D eigenvalue weighted by Gasteiger charge is -2.21. The van der Waals surface area contributed by atoms with Crippen LogP contribution < -0.4 is 10.6 Å². The first kappa shape index (κ1) is 17.2.